The van der Waals surface area contributed by atoms with Gasteiger partial charge in [-0.25, -0.2) is 0 Å². The third-order valence-electron chi connectivity index (χ3n) is 5.62. The minimum Gasteiger partial charge on any atom is -0.344 e. The Morgan fingerprint density at radius 3 is 2.65 bits per heavy atom. The molecule has 1 aliphatic heterocycles. The normalized spacial score (nSPS) is 18.6. The van der Waals surface area contributed by atoms with Crippen LogP contribution < -0.4 is 16.4 Å². The molecule has 1 amide bonds. The zero-order valence-electron chi connectivity index (χ0n) is 17.0. The number of carbonyl (C=O) groups is 1. The summed E-state index contributed by atoms with van der Waals surface area (Å²) in [5.74, 6) is -0.192. The van der Waals surface area contributed by atoms with Gasteiger partial charge in [-0.15, -0.1) is 23.7 Å². The van der Waals surface area contributed by atoms with Gasteiger partial charge in [0.05, 0.1) is 23.2 Å². The van der Waals surface area contributed by atoms with Gasteiger partial charge in [0.25, 0.3) is 0 Å². The summed E-state index contributed by atoms with van der Waals surface area (Å²) in [6.07, 6.45) is 1.22. The van der Waals surface area contributed by atoms with E-state index in [0.717, 1.165) is 28.1 Å². The molecule has 7 heteroatoms. The van der Waals surface area contributed by atoms with Gasteiger partial charge in [0.1, 0.15) is 0 Å². The van der Waals surface area contributed by atoms with Crippen molar-refractivity contribution in [1.29, 1.82) is 5.26 Å². The van der Waals surface area contributed by atoms with Crippen molar-refractivity contribution < 1.29 is 4.79 Å². The van der Waals surface area contributed by atoms with E-state index in [9.17, 15) is 10.1 Å². The molecule has 1 fully saturated rings. The molecule has 3 aromatic rings. The first kappa shape index (κ1) is 23.0. The van der Waals surface area contributed by atoms with E-state index in [4.69, 9.17) is 5.73 Å². The van der Waals surface area contributed by atoms with Gasteiger partial charge in [-0.3, -0.25) is 4.79 Å². The van der Waals surface area contributed by atoms with E-state index in [1.807, 2.05) is 66.0 Å². The van der Waals surface area contributed by atoms with Gasteiger partial charge in [0.15, 0.2) is 0 Å². The Kier molecular flexibility index (Phi) is 7.47. The van der Waals surface area contributed by atoms with E-state index in [1.165, 1.54) is 0 Å². The molecule has 0 radical (unpaired) electrons. The molecule has 2 heterocycles. The molecule has 0 aliphatic carbocycles. The van der Waals surface area contributed by atoms with Gasteiger partial charge in [0.2, 0.25) is 5.91 Å². The standard InChI is InChI=1S/C24H24N4OS.ClH/c25-15-19-13-18(17-5-2-1-3-6-17)8-9-21(19)24(10-11-27-16-24)28-23(29)22(26)14-20-7-4-12-30-20;/h1-9,12-13,22,27H,10-11,14,16,26H2,(H,28,29);1H/t22-,24+;/m0./s1. The van der Waals surface area contributed by atoms with Crippen LogP contribution >= 0.6 is 23.7 Å². The second kappa shape index (κ2) is 10.1. The fourth-order valence-electron chi connectivity index (χ4n) is 4.03. The van der Waals surface area contributed by atoms with Crippen LogP contribution in [0.3, 0.4) is 0 Å². The third-order valence-corrected chi connectivity index (χ3v) is 6.52. The number of halogens is 1. The molecule has 2 aromatic carbocycles. The summed E-state index contributed by atoms with van der Waals surface area (Å²) in [4.78, 5) is 14.0. The van der Waals surface area contributed by atoms with Gasteiger partial charge in [-0.05, 0) is 47.2 Å². The highest BCUT2D eigenvalue weighted by Gasteiger charge is 2.39. The highest BCUT2D eigenvalue weighted by Crippen LogP contribution is 2.33. The van der Waals surface area contributed by atoms with Crippen LogP contribution in [0.4, 0.5) is 0 Å². The number of hydrogen-bond donors (Lipinski definition) is 3. The first-order chi connectivity index (χ1) is 14.6. The van der Waals surface area contributed by atoms with Gasteiger partial charge >= 0.3 is 0 Å². The van der Waals surface area contributed by atoms with Gasteiger partial charge < -0.3 is 16.4 Å². The van der Waals surface area contributed by atoms with Crippen molar-refractivity contribution in [1.82, 2.24) is 10.6 Å². The molecule has 0 bridgehead atoms. The number of amides is 1. The minimum absolute atomic E-state index is 0. The van der Waals surface area contributed by atoms with Crippen LogP contribution in [0.15, 0.2) is 66.0 Å². The lowest BCUT2D eigenvalue weighted by Crippen LogP contribution is -2.53. The number of benzene rings is 2. The second-order valence-electron chi connectivity index (χ2n) is 7.63. The van der Waals surface area contributed by atoms with Crippen LogP contribution in [0.2, 0.25) is 0 Å². The summed E-state index contributed by atoms with van der Waals surface area (Å²) in [7, 11) is 0. The van der Waals surface area contributed by atoms with Gasteiger partial charge in [-0.2, -0.15) is 5.26 Å². The number of hydrogen-bond acceptors (Lipinski definition) is 5. The zero-order valence-corrected chi connectivity index (χ0v) is 18.6. The predicted molar refractivity (Wildman–Crippen MR) is 127 cm³/mol. The summed E-state index contributed by atoms with van der Waals surface area (Å²) in [6, 6.07) is 21.5. The van der Waals surface area contributed by atoms with E-state index in [1.54, 1.807) is 11.3 Å². The van der Waals surface area contributed by atoms with Crippen LogP contribution in [0.5, 0.6) is 0 Å². The average molecular weight is 453 g/mol. The number of nitrogens with one attached hydrogen (secondary N) is 2. The van der Waals surface area contributed by atoms with E-state index < -0.39 is 11.6 Å². The van der Waals surface area contributed by atoms with E-state index in [0.29, 0.717) is 24.9 Å². The molecule has 0 unspecified atom stereocenters. The van der Waals surface area contributed by atoms with Gasteiger partial charge in [-0.1, -0.05) is 48.5 Å². The minimum atomic E-state index is -0.634. The molecule has 160 valence electrons. The maximum absolute atomic E-state index is 12.9. The van der Waals surface area contributed by atoms with Crippen LogP contribution in [0.25, 0.3) is 11.1 Å². The number of rotatable bonds is 6. The number of nitriles is 1. The second-order valence-corrected chi connectivity index (χ2v) is 8.66. The van der Waals surface area contributed by atoms with Crippen LogP contribution in [0.1, 0.15) is 22.4 Å². The summed E-state index contributed by atoms with van der Waals surface area (Å²) >= 11 is 1.60. The fraction of sp³-hybridized carbons (Fsp3) is 0.250. The molecule has 31 heavy (non-hydrogen) atoms. The summed E-state index contributed by atoms with van der Waals surface area (Å²) in [5, 5.41) is 18.4. The SMILES string of the molecule is Cl.N#Cc1cc(-c2ccccc2)ccc1[C@@]1(NC(=O)[C@@H](N)Cc2cccs2)CCNC1. The maximum atomic E-state index is 12.9. The molecule has 0 spiro atoms. The Morgan fingerprint density at radius 2 is 2.00 bits per heavy atom. The van der Waals surface area contributed by atoms with Crippen molar-refractivity contribution in [3.63, 3.8) is 0 Å². The molecular formula is C24H25ClN4OS. The predicted octanol–water partition coefficient (Wildman–Crippen LogP) is 3.58. The molecule has 4 N–H and O–H groups in total. The van der Waals surface area contributed by atoms with Crippen molar-refractivity contribution in [2.75, 3.05) is 13.1 Å². The Hall–Kier alpha value is -2.69. The smallest absolute Gasteiger partial charge is 0.238 e. The molecule has 1 aromatic heterocycles. The number of carbonyl (C=O) groups excluding carboxylic acids is 1. The average Bonchev–Trinajstić information content (AvgIpc) is 3.46. The molecule has 4 rings (SSSR count). The Bertz CT molecular complexity index is 1060. The molecule has 1 saturated heterocycles. The molecule has 1 aliphatic rings. The number of nitrogens with zero attached hydrogens (tertiary/aromatic N) is 1. The van der Waals surface area contributed by atoms with E-state index in [-0.39, 0.29) is 18.3 Å². The van der Waals surface area contributed by atoms with Crippen molar-refractivity contribution in [2.45, 2.75) is 24.4 Å². The molecule has 5 nitrogen and oxygen atoms in total. The maximum Gasteiger partial charge on any atom is 0.238 e. The number of nitrogens with two attached hydrogens (primary N) is 1. The molecule has 2 atom stereocenters. The first-order valence-electron chi connectivity index (χ1n) is 10.0. The largest absolute Gasteiger partial charge is 0.344 e. The summed E-state index contributed by atoms with van der Waals surface area (Å²) < 4.78 is 0. The van der Waals surface area contributed by atoms with E-state index >= 15 is 0 Å². The van der Waals surface area contributed by atoms with Gasteiger partial charge in [0, 0.05) is 17.8 Å². The van der Waals surface area contributed by atoms with Crippen LogP contribution in [-0.2, 0) is 16.8 Å². The molecule has 0 saturated carbocycles. The highest BCUT2D eigenvalue weighted by atomic mass is 35.5. The van der Waals surface area contributed by atoms with Crippen LogP contribution in [-0.4, -0.2) is 25.0 Å². The van der Waals surface area contributed by atoms with Crippen molar-refractivity contribution in [3.05, 3.63) is 82.0 Å². The van der Waals surface area contributed by atoms with E-state index in [2.05, 4.69) is 16.7 Å². The summed E-state index contributed by atoms with van der Waals surface area (Å²) in [5.41, 5.74) is 9.02. The summed E-state index contributed by atoms with van der Waals surface area (Å²) in [6.45, 7) is 1.34. The third kappa shape index (κ3) is 4.97. The Morgan fingerprint density at radius 1 is 1.19 bits per heavy atom. The highest BCUT2D eigenvalue weighted by molar-refractivity contribution is 7.09. The first-order valence-corrected chi connectivity index (χ1v) is 10.9. The lowest BCUT2D eigenvalue weighted by molar-refractivity contribution is -0.124. The monoisotopic (exact) mass is 452 g/mol. The number of thiophene rings is 1. The zero-order chi connectivity index (χ0) is 21.0. The lowest BCUT2D eigenvalue weighted by atomic mass is 9.84. The van der Waals surface area contributed by atoms with Crippen molar-refractivity contribution in [2.24, 2.45) is 5.73 Å². The fourth-order valence-corrected chi connectivity index (χ4v) is 4.79. The Labute approximate surface area is 192 Å². The topological polar surface area (TPSA) is 90.9 Å². The Balaban J connectivity index is 0.00000272. The lowest BCUT2D eigenvalue weighted by Gasteiger charge is -2.32. The quantitative estimate of drug-likeness (QED) is 0.533. The van der Waals surface area contributed by atoms with Crippen molar-refractivity contribution >= 4 is 29.7 Å². The molecular weight excluding hydrogens is 428 g/mol. The van der Waals surface area contributed by atoms with Crippen LogP contribution in [0, 0.1) is 11.3 Å². The van der Waals surface area contributed by atoms with Crippen molar-refractivity contribution in [3.8, 4) is 17.2 Å².